The zero-order valence-corrected chi connectivity index (χ0v) is 19.7. The van der Waals surface area contributed by atoms with Crippen molar-refractivity contribution in [2.24, 2.45) is 0 Å². The summed E-state index contributed by atoms with van der Waals surface area (Å²) in [6, 6.07) is 30.0. The summed E-state index contributed by atoms with van der Waals surface area (Å²) in [5.74, 6) is -0.00545. The lowest BCUT2D eigenvalue weighted by Crippen LogP contribution is -2.17. The van der Waals surface area contributed by atoms with Crippen LogP contribution in [0.15, 0.2) is 122 Å². The number of aromatic nitrogens is 4. The number of rotatable bonds is 10. The van der Waals surface area contributed by atoms with E-state index in [1.165, 1.54) is 0 Å². The molecule has 2 aromatic heterocycles. The molecule has 3 aromatic carbocycles. The van der Waals surface area contributed by atoms with Crippen molar-refractivity contribution in [1.82, 2.24) is 19.6 Å². The third-order valence-electron chi connectivity index (χ3n) is 6.34. The number of carbonyl (C=O) groups excluding carboxylic acids is 2. The summed E-state index contributed by atoms with van der Waals surface area (Å²) in [6.07, 6.45) is 7.72. The molecule has 36 heavy (non-hydrogen) atoms. The summed E-state index contributed by atoms with van der Waals surface area (Å²) in [7, 11) is 0. The van der Waals surface area contributed by atoms with Crippen molar-refractivity contribution in [3.8, 4) is 0 Å². The van der Waals surface area contributed by atoms with Crippen molar-refractivity contribution in [3.63, 3.8) is 0 Å². The molecule has 0 N–H and O–H groups in total. The lowest BCUT2D eigenvalue weighted by molar-refractivity contribution is 0.0955. The predicted octanol–water partition coefficient (Wildman–Crippen LogP) is 5.80. The minimum atomic E-state index is -0.198. The first-order valence-corrected chi connectivity index (χ1v) is 11.9. The van der Waals surface area contributed by atoms with Gasteiger partial charge in [0.05, 0.1) is 12.1 Å². The number of ketones is 2. The van der Waals surface area contributed by atoms with Crippen molar-refractivity contribution < 1.29 is 9.59 Å². The second kappa shape index (κ2) is 10.8. The Morgan fingerprint density at radius 2 is 0.944 bits per heavy atom. The molecule has 0 aliphatic carbocycles. The van der Waals surface area contributed by atoms with E-state index in [1.54, 1.807) is 36.7 Å². The van der Waals surface area contributed by atoms with E-state index in [-0.39, 0.29) is 36.5 Å². The van der Waals surface area contributed by atoms with Gasteiger partial charge < -0.3 is 0 Å². The van der Waals surface area contributed by atoms with Gasteiger partial charge in [-0.15, -0.1) is 0 Å². The highest BCUT2D eigenvalue weighted by Gasteiger charge is 2.21. The van der Waals surface area contributed by atoms with Gasteiger partial charge in [-0.25, -0.2) is 0 Å². The van der Waals surface area contributed by atoms with Gasteiger partial charge in [-0.05, 0) is 23.3 Å². The smallest absolute Gasteiger partial charge is 0.165 e. The molecule has 2 heterocycles. The fraction of sp³-hybridized carbons (Fsp3) is 0.133. The Bertz CT molecular complexity index is 1280. The van der Waals surface area contributed by atoms with Gasteiger partial charge in [0, 0.05) is 48.8 Å². The fourth-order valence-electron chi connectivity index (χ4n) is 4.44. The third kappa shape index (κ3) is 5.23. The van der Waals surface area contributed by atoms with Gasteiger partial charge >= 0.3 is 0 Å². The van der Waals surface area contributed by atoms with Gasteiger partial charge in [-0.2, -0.15) is 10.2 Å². The molecule has 178 valence electrons. The number of carbonyl (C=O) groups is 2. The van der Waals surface area contributed by atoms with E-state index < -0.39 is 0 Å². The molecule has 0 aliphatic heterocycles. The first-order chi connectivity index (χ1) is 17.7. The Hall–Kier alpha value is -4.58. The van der Waals surface area contributed by atoms with Crippen LogP contribution >= 0.6 is 0 Å². The zero-order chi connectivity index (χ0) is 24.7. The van der Waals surface area contributed by atoms with Crippen LogP contribution in [0, 0.1) is 0 Å². The molecule has 0 bridgehead atoms. The first kappa shape index (κ1) is 23.2. The molecule has 0 spiro atoms. The van der Waals surface area contributed by atoms with Crippen molar-refractivity contribution in [1.29, 1.82) is 0 Å². The highest BCUT2D eigenvalue weighted by atomic mass is 16.1. The molecule has 0 aliphatic rings. The molecule has 6 nitrogen and oxygen atoms in total. The zero-order valence-electron chi connectivity index (χ0n) is 19.7. The van der Waals surface area contributed by atoms with Gasteiger partial charge in [0.25, 0.3) is 0 Å². The van der Waals surface area contributed by atoms with E-state index in [4.69, 9.17) is 0 Å². The standard InChI is InChI=1S/C30H26N4O2/c35-29(21-27(33-19-7-17-31-33)23-9-3-1-4-10-23)25-13-15-26(16-14-25)30(36)22-28(34-20-8-18-32-34)24-11-5-2-6-12-24/h1-20,27-28H,21-22H2. The molecule has 0 fully saturated rings. The summed E-state index contributed by atoms with van der Waals surface area (Å²) in [4.78, 5) is 26.4. The second-order valence-electron chi connectivity index (χ2n) is 8.66. The monoisotopic (exact) mass is 474 g/mol. The molecule has 0 amide bonds. The molecule has 0 saturated heterocycles. The highest BCUT2D eigenvalue weighted by Crippen LogP contribution is 2.25. The predicted molar refractivity (Wildman–Crippen MR) is 138 cm³/mol. The lowest BCUT2D eigenvalue weighted by atomic mass is 9.95. The number of Topliss-reactive ketones (excluding diaryl/α,β-unsaturated/α-hetero) is 2. The van der Waals surface area contributed by atoms with Gasteiger partial charge in [-0.1, -0.05) is 84.9 Å². The quantitative estimate of drug-likeness (QED) is 0.240. The van der Waals surface area contributed by atoms with E-state index in [0.29, 0.717) is 11.1 Å². The summed E-state index contributed by atoms with van der Waals surface area (Å²) >= 11 is 0. The Labute approximate surface area is 209 Å². The molecule has 5 aromatic rings. The van der Waals surface area contributed by atoms with Crippen molar-refractivity contribution in [2.45, 2.75) is 24.9 Å². The van der Waals surface area contributed by atoms with E-state index >= 15 is 0 Å². The van der Waals surface area contributed by atoms with Crippen molar-refractivity contribution in [3.05, 3.63) is 144 Å². The van der Waals surface area contributed by atoms with Crippen LogP contribution in [-0.4, -0.2) is 31.1 Å². The van der Waals surface area contributed by atoms with Crippen LogP contribution in [0.2, 0.25) is 0 Å². The maximum Gasteiger partial charge on any atom is 0.165 e. The van der Waals surface area contributed by atoms with Crippen LogP contribution < -0.4 is 0 Å². The second-order valence-corrected chi connectivity index (χ2v) is 8.66. The maximum absolute atomic E-state index is 13.2. The molecule has 2 unspecified atom stereocenters. The number of nitrogens with zero attached hydrogens (tertiary/aromatic N) is 4. The van der Waals surface area contributed by atoms with Gasteiger partial charge in [0.1, 0.15) is 0 Å². The number of hydrogen-bond acceptors (Lipinski definition) is 4. The Morgan fingerprint density at radius 3 is 1.28 bits per heavy atom. The summed E-state index contributed by atoms with van der Waals surface area (Å²) in [6.45, 7) is 0. The van der Waals surface area contributed by atoms with Crippen molar-refractivity contribution in [2.75, 3.05) is 0 Å². The summed E-state index contributed by atoms with van der Waals surface area (Å²) in [5, 5.41) is 8.73. The highest BCUT2D eigenvalue weighted by molar-refractivity contribution is 6.00. The van der Waals surface area contributed by atoms with Gasteiger partial charge in [0.15, 0.2) is 11.6 Å². The van der Waals surface area contributed by atoms with Gasteiger partial charge in [-0.3, -0.25) is 19.0 Å². The molecule has 5 rings (SSSR count). The van der Waals surface area contributed by atoms with Crippen LogP contribution in [0.25, 0.3) is 0 Å². The molecule has 0 radical (unpaired) electrons. The van der Waals surface area contributed by atoms with E-state index in [1.807, 2.05) is 94.6 Å². The minimum Gasteiger partial charge on any atom is -0.294 e. The molecule has 6 heteroatoms. The number of hydrogen-bond donors (Lipinski definition) is 0. The van der Waals surface area contributed by atoms with E-state index in [2.05, 4.69) is 10.2 Å². The SMILES string of the molecule is O=C(CC(c1ccccc1)n1cccn1)c1ccc(C(=O)CC(c2ccccc2)n2cccn2)cc1. The molecular weight excluding hydrogens is 448 g/mol. The lowest BCUT2D eigenvalue weighted by Gasteiger charge is -2.18. The average Bonchev–Trinajstić information content (AvgIpc) is 3.66. The van der Waals surface area contributed by atoms with E-state index in [9.17, 15) is 9.59 Å². The topological polar surface area (TPSA) is 69.8 Å². The van der Waals surface area contributed by atoms with Crippen LogP contribution in [0.5, 0.6) is 0 Å². The molecule has 2 atom stereocenters. The summed E-state index contributed by atoms with van der Waals surface area (Å²) in [5.41, 5.74) is 3.19. The average molecular weight is 475 g/mol. The Morgan fingerprint density at radius 1 is 0.556 bits per heavy atom. The molecular formula is C30H26N4O2. The Kier molecular flexibility index (Phi) is 6.94. The first-order valence-electron chi connectivity index (χ1n) is 11.9. The number of benzene rings is 3. The molecule has 0 saturated carbocycles. The minimum absolute atomic E-state index is 0.00273. The third-order valence-corrected chi connectivity index (χ3v) is 6.34. The Balaban J connectivity index is 1.31. The van der Waals surface area contributed by atoms with Crippen LogP contribution in [-0.2, 0) is 0 Å². The summed E-state index contributed by atoms with van der Waals surface area (Å²) < 4.78 is 3.62. The van der Waals surface area contributed by atoms with Crippen LogP contribution in [0.1, 0.15) is 56.8 Å². The van der Waals surface area contributed by atoms with Gasteiger partial charge in [0.2, 0.25) is 0 Å². The maximum atomic E-state index is 13.2. The largest absolute Gasteiger partial charge is 0.294 e. The van der Waals surface area contributed by atoms with Crippen molar-refractivity contribution >= 4 is 11.6 Å². The van der Waals surface area contributed by atoms with Crippen LogP contribution in [0.4, 0.5) is 0 Å². The van der Waals surface area contributed by atoms with Crippen LogP contribution in [0.3, 0.4) is 0 Å². The van der Waals surface area contributed by atoms with E-state index in [0.717, 1.165) is 11.1 Å². The fourth-order valence-corrected chi connectivity index (χ4v) is 4.44. The normalized spacial score (nSPS) is 12.7.